The Balaban J connectivity index is 1.11. The maximum absolute atomic E-state index is 12.8. The van der Waals surface area contributed by atoms with E-state index in [0.717, 1.165) is 39.7 Å². The second kappa shape index (κ2) is 7.01. The standard InChI is InChI=1S/C25H29N3OS/c1-15(25-11-16-8-17(12-25)10-18(9-16)13-25)26-22(29)14-30-24-27-20-6-2-4-19-5-3-7-21(28-24)23(19)20/h2-7,15-18H,8-14H2,1H3,(H,26,29)(H,27,28)/t15-,16?,17?,18?,25?/m0/s1. The molecule has 2 aromatic carbocycles. The first-order valence-corrected chi connectivity index (χ1v) is 12.4. The summed E-state index contributed by atoms with van der Waals surface area (Å²) in [5, 5.41) is 9.93. The summed E-state index contributed by atoms with van der Waals surface area (Å²) in [7, 11) is 0. The van der Waals surface area contributed by atoms with Gasteiger partial charge in [-0.15, -0.1) is 0 Å². The highest BCUT2D eigenvalue weighted by Gasteiger charge is 2.53. The average Bonchev–Trinajstić information content (AvgIpc) is 2.72. The largest absolute Gasteiger partial charge is 0.352 e. The molecule has 156 valence electrons. The lowest BCUT2D eigenvalue weighted by molar-refractivity contribution is -0.123. The lowest BCUT2D eigenvalue weighted by atomic mass is 9.48. The zero-order chi connectivity index (χ0) is 20.3. The molecular formula is C25H29N3OS. The molecule has 0 unspecified atom stereocenters. The van der Waals surface area contributed by atoms with Gasteiger partial charge in [0, 0.05) is 11.4 Å². The quantitative estimate of drug-likeness (QED) is 0.668. The Morgan fingerprint density at radius 1 is 1.13 bits per heavy atom. The van der Waals surface area contributed by atoms with Gasteiger partial charge in [0.25, 0.3) is 0 Å². The fraction of sp³-hybridized carbons (Fsp3) is 0.520. The van der Waals surface area contributed by atoms with Crippen LogP contribution in [-0.4, -0.2) is 22.9 Å². The van der Waals surface area contributed by atoms with E-state index in [1.54, 1.807) is 0 Å². The van der Waals surface area contributed by atoms with Gasteiger partial charge in [0.2, 0.25) is 5.91 Å². The molecule has 2 aromatic rings. The van der Waals surface area contributed by atoms with Gasteiger partial charge in [-0.3, -0.25) is 4.79 Å². The molecule has 4 aliphatic carbocycles. The van der Waals surface area contributed by atoms with Crippen molar-refractivity contribution in [1.82, 2.24) is 5.32 Å². The van der Waals surface area contributed by atoms with Crippen LogP contribution in [0.5, 0.6) is 0 Å². The summed E-state index contributed by atoms with van der Waals surface area (Å²) in [4.78, 5) is 17.6. The predicted molar refractivity (Wildman–Crippen MR) is 125 cm³/mol. The van der Waals surface area contributed by atoms with Crippen molar-refractivity contribution in [3.63, 3.8) is 0 Å². The summed E-state index contributed by atoms with van der Waals surface area (Å²) in [5.41, 5.74) is 2.40. The van der Waals surface area contributed by atoms with Crippen LogP contribution in [0.3, 0.4) is 0 Å². The van der Waals surface area contributed by atoms with Crippen molar-refractivity contribution < 1.29 is 4.79 Å². The fourth-order valence-electron chi connectivity index (χ4n) is 7.12. The lowest BCUT2D eigenvalue weighted by Crippen LogP contribution is -2.56. The number of benzene rings is 2. The number of carbonyl (C=O) groups is 1. The maximum Gasteiger partial charge on any atom is 0.230 e. The molecule has 0 aromatic heterocycles. The molecule has 1 atom stereocenters. The number of anilines is 1. The molecule has 30 heavy (non-hydrogen) atoms. The fourth-order valence-corrected chi connectivity index (χ4v) is 7.81. The van der Waals surface area contributed by atoms with E-state index in [-0.39, 0.29) is 11.9 Å². The summed E-state index contributed by atoms with van der Waals surface area (Å²) in [6, 6.07) is 12.7. The van der Waals surface area contributed by atoms with Crippen molar-refractivity contribution in [2.45, 2.75) is 51.5 Å². The van der Waals surface area contributed by atoms with Crippen molar-refractivity contribution in [3.8, 4) is 0 Å². The van der Waals surface area contributed by atoms with Gasteiger partial charge < -0.3 is 10.6 Å². The molecule has 2 N–H and O–H groups in total. The van der Waals surface area contributed by atoms with Crippen LogP contribution in [-0.2, 0) is 4.79 Å². The highest BCUT2D eigenvalue weighted by atomic mass is 32.2. The number of nitrogens with zero attached hydrogens (tertiary/aromatic N) is 1. The van der Waals surface area contributed by atoms with Crippen LogP contribution in [0.2, 0.25) is 0 Å². The Kier molecular flexibility index (Phi) is 4.38. The zero-order valence-electron chi connectivity index (χ0n) is 17.5. The normalized spacial score (nSPS) is 31.9. The molecule has 4 fully saturated rings. The van der Waals surface area contributed by atoms with E-state index >= 15 is 0 Å². The molecule has 0 spiro atoms. The highest BCUT2D eigenvalue weighted by molar-refractivity contribution is 8.14. The number of amidine groups is 1. The van der Waals surface area contributed by atoms with Crippen LogP contribution in [0.15, 0.2) is 41.4 Å². The Labute approximate surface area is 182 Å². The number of hydrogen-bond donors (Lipinski definition) is 2. The number of nitrogens with one attached hydrogen (secondary N) is 2. The van der Waals surface area contributed by atoms with Crippen LogP contribution in [0.25, 0.3) is 10.8 Å². The summed E-state index contributed by atoms with van der Waals surface area (Å²) >= 11 is 1.50. The van der Waals surface area contributed by atoms with E-state index in [0.29, 0.717) is 11.2 Å². The van der Waals surface area contributed by atoms with E-state index in [9.17, 15) is 4.79 Å². The topological polar surface area (TPSA) is 53.5 Å². The second-order valence-electron chi connectivity index (χ2n) is 10.1. The molecule has 4 nitrogen and oxygen atoms in total. The van der Waals surface area contributed by atoms with Crippen LogP contribution in [0.1, 0.15) is 45.4 Å². The minimum absolute atomic E-state index is 0.129. The molecule has 1 amide bonds. The van der Waals surface area contributed by atoms with Crippen molar-refractivity contribution >= 4 is 45.0 Å². The van der Waals surface area contributed by atoms with E-state index < -0.39 is 0 Å². The lowest BCUT2D eigenvalue weighted by Gasteiger charge is -2.59. The Hall–Kier alpha value is -2.01. The molecule has 0 saturated heterocycles. The molecule has 0 radical (unpaired) electrons. The number of thioether (sulfide) groups is 1. The van der Waals surface area contributed by atoms with Crippen LogP contribution >= 0.6 is 11.8 Å². The predicted octanol–water partition coefficient (Wildman–Crippen LogP) is 5.71. The van der Waals surface area contributed by atoms with E-state index in [2.05, 4.69) is 41.8 Å². The van der Waals surface area contributed by atoms with Gasteiger partial charge in [-0.25, -0.2) is 4.99 Å². The van der Waals surface area contributed by atoms with Crippen molar-refractivity contribution in [3.05, 3.63) is 36.4 Å². The Morgan fingerprint density at radius 3 is 2.50 bits per heavy atom. The van der Waals surface area contributed by atoms with Gasteiger partial charge in [0.05, 0.1) is 17.1 Å². The minimum atomic E-state index is 0.129. The Morgan fingerprint density at radius 2 is 1.80 bits per heavy atom. The first-order valence-electron chi connectivity index (χ1n) is 11.4. The summed E-state index contributed by atoms with van der Waals surface area (Å²) in [6.07, 6.45) is 8.29. The van der Waals surface area contributed by atoms with Crippen molar-refractivity contribution in [1.29, 1.82) is 0 Å². The third-order valence-corrected chi connectivity index (χ3v) is 8.94. The molecule has 5 heteroatoms. The number of hydrogen-bond acceptors (Lipinski definition) is 4. The van der Waals surface area contributed by atoms with E-state index in [4.69, 9.17) is 4.99 Å². The second-order valence-corrected chi connectivity index (χ2v) is 11.0. The van der Waals surface area contributed by atoms with Gasteiger partial charge in [0.15, 0.2) is 5.17 Å². The monoisotopic (exact) mass is 419 g/mol. The van der Waals surface area contributed by atoms with Gasteiger partial charge in [0.1, 0.15) is 0 Å². The summed E-state index contributed by atoms with van der Waals surface area (Å²) in [6.45, 7) is 2.25. The van der Waals surface area contributed by atoms with Crippen molar-refractivity contribution in [2.75, 3.05) is 11.1 Å². The molecule has 7 rings (SSSR count). The molecule has 1 heterocycles. The average molecular weight is 420 g/mol. The van der Waals surface area contributed by atoms with Gasteiger partial charge in [-0.1, -0.05) is 36.0 Å². The number of aliphatic imine (C=N–C) groups is 1. The Bertz CT molecular complexity index is 1010. The molecule has 5 aliphatic rings. The minimum Gasteiger partial charge on any atom is -0.352 e. The van der Waals surface area contributed by atoms with Gasteiger partial charge >= 0.3 is 0 Å². The van der Waals surface area contributed by atoms with Crippen molar-refractivity contribution in [2.24, 2.45) is 28.2 Å². The molecule has 4 bridgehead atoms. The summed E-state index contributed by atoms with van der Waals surface area (Å²) < 4.78 is 0. The van der Waals surface area contributed by atoms with Gasteiger partial charge in [-0.05, 0) is 86.1 Å². The van der Waals surface area contributed by atoms with Gasteiger partial charge in [-0.2, -0.15) is 0 Å². The number of amides is 1. The number of rotatable bonds is 4. The smallest absolute Gasteiger partial charge is 0.230 e. The molecule has 4 saturated carbocycles. The van der Waals surface area contributed by atoms with Crippen LogP contribution in [0.4, 0.5) is 11.4 Å². The third-order valence-electron chi connectivity index (χ3n) is 8.07. The van der Waals surface area contributed by atoms with Crippen LogP contribution < -0.4 is 10.6 Å². The van der Waals surface area contributed by atoms with E-state index in [1.165, 1.54) is 55.7 Å². The number of carbonyl (C=O) groups excluding carboxylic acids is 1. The molecular weight excluding hydrogens is 390 g/mol. The maximum atomic E-state index is 12.8. The first-order chi connectivity index (χ1) is 14.6. The van der Waals surface area contributed by atoms with E-state index in [1.807, 2.05) is 12.1 Å². The first kappa shape index (κ1) is 18.7. The van der Waals surface area contributed by atoms with Crippen LogP contribution in [0, 0.1) is 23.2 Å². The highest BCUT2D eigenvalue weighted by Crippen LogP contribution is 2.61. The molecule has 1 aliphatic heterocycles. The SMILES string of the molecule is C[C@H](NC(=O)CSC1=Nc2cccc3cccc(c23)N1)C12CC3CC(CC(C3)C1)C2. The summed E-state index contributed by atoms with van der Waals surface area (Å²) in [5.74, 6) is 3.26. The zero-order valence-corrected chi connectivity index (χ0v) is 18.3. The third kappa shape index (κ3) is 3.13.